The number of carbonyl (C=O) groups is 1. The highest BCUT2D eigenvalue weighted by Gasteiger charge is 2.31. The molecule has 9 heteroatoms. The van der Waals surface area contributed by atoms with Crippen LogP contribution in [0.4, 0.5) is 18.9 Å². The number of nitrogens with one attached hydrogen (secondary N) is 1. The molecule has 148 valence electrons. The Morgan fingerprint density at radius 2 is 1.48 bits per heavy atom. The Hall–Kier alpha value is -2.55. The summed E-state index contributed by atoms with van der Waals surface area (Å²) < 4.78 is 66.5. The predicted molar refractivity (Wildman–Crippen MR) is 96.3 cm³/mol. The number of hydrogen-bond donors (Lipinski definition) is 1. The van der Waals surface area contributed by atoms with E-state index in [9.17, 15) is 26.4 Å². The van der Waals surface area contributed by atoms with Crippen molar-refractivity contribution in [1.82, 2.24) is 0 Å². The summed E-state index contributed by atoms with van der Waals surface area (Å²) in [5.41, 5.74) is 0.641. The Morgan fingerprint density at radius 1 is 1.00 bits per heavy atom. The van der Waals surface area contributed by atoms with Crippen molar-refractivity contribution in [2.24, 2.45) is 0 Å². The average molecular weight is 403 g/mol. The minimum absolute atomic E-state index is 0.162. The van der Waals surface area contributed by atoms with Crippen LogP contribution in [0.2, 0.25) is 0 Å². The Balaban J connectivity index is 0.00000114. The SMILES string of the molecule is CC(=O)c1ccc(NS(=O)(=O)c2ccc(OC(F)(F)F)cc2)cc1.CCC. The van der Waals surface area contributed by atoms with Gasteiger partial charge in [0.05, 0.1) is 4.90 Å². The molecule has 0 bridgehead atoms. The maximum Gasteiger partial charge on any atom is 0.573 e. The maximum absolute atomic E-state index is 12.2. The third kappa shape index (κ3) is 7.69. The van der Waals surface area contributed by atoms with Gasteiger partial charge in [-0.25, -0.2) is 8.42 Å². The summed E-state index contributed by atoms with van der Waals surface area (Å²) in [5, 5.41) is 0. The summed E-state index contributed by atoms with van der Waals surface area (Å²) >= 11 is 0. The van der Waals surface area contributed by atoms with E-state index < -0.39 is 22.1 Å². The zero-order valence-corrected chi connectivity index (χ0v) is 15.8. The van der Waals surface area contributed by atoms with E-state index in [-0.39, 0.29) is 16.4 Å². The van der Waals surface area contributed by atoms with Gasteiger partial charge in [-0.3, -0.25) is 9.52 Å². The molecule has 0 spiro atoms. The van der Waals surface area contributed by atoms with Crippen molar-refractivity contribution in [2.45, 2.75) is 38.4 Å². The fourth-order valence-corrected chi connectivity index (χ4v) is 2.87. The van der Waals surface area contributed by atoms with Gasteiger partial charge in [0.25, 0.3) is 10.0 Å². The van der Waals surface area contributed by atoms with E-state index in [1.54, 1.807) is 0 Å². The van der Waals surface area contributed by atoms with E-state index in [1.165, 1.54) is 37.6 Å². The number of anilines is 1. The van der Waals surface area contributed by atoms with Gasteiger partial charge in [-0.1, -0.05) is 20.3 Å². The van der Waals surface area contributed by atoms with Crippen molar-refractivity contribution in [2.75, 3.05) is 4.72 Å². The van der Waals surface area contributed by atoms with Crippen molar-refractivity contribution >= 4 is 21.5 Å². The summed E-state index contributed by atoms with van der Waals surface area (Å²) in [5.74, 6) is -0.683. The first-order valence-electron chi connectivity index (χ1n) is 7.98. The number of ether oxygens (including phenoxy) is 1. The first kappa shape index (κ1) is 22.5. The molecule has 2 rings (SSSR count). The molecule has 0 aliphatic heterocycles. The standard InChI is InChI=1S/C15H12F3NO4S.C3H8/c1-10(20)11-2-4-12(5-3-11)19-24(21,22)14-8-6-13(7-9-14)23-15(16,17)18;1-3-2/h2-9,19H,1H3;3H2,1-2H3. The Morgan fingerprint density at radius 3 is 1.89 bits per heavy atom. The van der Waals surface area contributed by atoms with Gasteiger partial charge in [0.2, 0.25) is 0 Å². The quantitative estimate of drug-likeness (QED) is 0.713. The monoisotopic (exact) mass is 403 g/mol. The van der Waals surface area contributed by atoms with Crippen LogP contribution >= 0.6 is 0 Å². The molecule has 0 saturated carbocycles. The van der Waals surface area contributed by atoms with Crippen molar-refractivity contribution < 1.29 is 31.1 Å². The van der Waals surface area contributed by atoms with E-state index in [0.717, 1.165) is 24.3 Å². The fourth-order valence-electron chi connectivity index (χ4n) is 1.81. The van der Waals surface area contributed by atoms with Crippen LogP contribution in [0.15, 0.2) is 53.4 Å². The van der Waals surface area contributed by atoms with Gasteiger partial charge < -0.3 is 4.74 Å². The lowest BCUT2D eigenvalue weighted by molar-refractivity contribution is -0.274. The molecule has 0 radical (unpaired) electrons. The molecule has 27 heavy (non-hydrogen) atoms. The molecule has 0 atom stereocenters. The van der Waals surface area contributed by atoms with Crippen LogP contribution in [-0.4, -0.2) is 20.6 Å². The van der Waals surface area contributed by atoms with Gasteiger partial charge in [-0.05, 0) is 55.5 Å². The van der Waals surface area contributed by atoms with Crippen LogP contribution < -0.4 is 9.46 Å². The Kier molecular flexibility index (Phi) is 7.83. The van der Waals surface area contributed by atoms with E-state index in [0.29, 0.717) is 5.56 Å². The minimum atomic E-state index is -4.85. The van der Waals surface area contributed by atoms with Crippen LogP contribution in [0.25, 0.3) is 0 Å². The van der Waals surface area contributed by atoms with E-state index in [2.05, 4.69) is 23.3 Å². The molecule has 0 aliphatic carbocycles. The van der Waals surface area contributed by atoms with Crippen molar-refractivity contribution in [3.63, 3.8) is 0 Å². The number of benzene rings is 2. The van der Waals surface area contributed by atoms with E-state index in [1.807, 2.05) is 0 Å². The number of ketones is 1. The molecule has 0 aliphatic rings. The highest BCUT2D eigenvalue weighted by molar-refractivity contribution is 7.92. The normalized spacial score (nSPS) is 11.2. The van der Waals surface area contributed by atoms with Crippen LogP contribution in [0.3, 0.4) is 0 Å². The lowest BCUT2D eigenvalue weighted by Gasteiger charge is -2.11. The molecule has 1 N–H and O–H groups in total. The summed E-state index contributed by atoms with van der Waals surface area (Å²) in [4.78, 5) is 10.9. The predicted octanol–water partition coefficient (Wildman–Crippen LogP) is 5.00. The Labute approximate surface area is 156 Å². The van der Waals surface area contributed by atoms with Gasteiger partial charge in [-0.2, -0.15) is 0 Å². The van der Waals surface area contributed by atoms with Crippen molar-refractivity contribution in [3.05, 3.63) is 54.1 Å². The molecule has 0 unspecified atom stereocenters. The minimum Gasteiger partial charge on any atom is -0.406 e. The Bertz CT molecular complexity index is 846. The molecule has 0 saturated heterocycles. The molecule has 0 amide bonds. The number of carbonyl (C=O) groups excluding carboxylic acids is 1. The first-order chi connectivity index (χ1) is 12.5. The van der Waals surface area contributed by atoms with Crippen LogP contribution in [0.1, 0.15) is 37.6 Å². The number of halogens is 3. The van der Waals surface area contributed by atoms with Crippen LogP contribution in [0.5, 0.6) is 5.75 Å². The molecule has 0 fully saturated rings. The van der Waals surface area contributed by atoms with Crippen molar-refractivity contribution in [1.29, 1.82) is 0 Å². The molecule has 5 nitrogen and oxygen atoms in total. The lowest BCUT2D eigenvalue weighted by atomic mass is 10.1. The second kappa shape index (κ2) is 9.40. The van der Waals surface area contributed by atoms with Gasteiger partial charge in [0.15, 0.2) is 5.78 Å². The van der Waals surface area contributed by atoms with Gasteiger partial charge in [-0.15, -0.1) is 13.2 Å². The van der Waals surface area contributed by atoms with Crippen molar-refractivity contribution in [3.8, 4) is 5.75 Å². The molecule has 0 heterocycles. The van der Waals surface area contributed by atoms with E-state index in [4.69, 9.17) is 0 Å². The zero-order valence-electron chi connectivity index (χ0n) is 15.0. The topological polar surface area (TPSA) is 72.5 Å². The highest BCUT2D eigenvalue weighted by Crippen LogP contribution is 2.24. The molecular weight excluding hydrogens is 383 g/mol. The smallest absolute Gasteiger partial charge is 0.406 e. The molecular formula is C18H20F3NO4S. The molecule has 2 aromatic rings. The largest absolute Gasteiger partial charge is 0.573 e. The lowest BCUT2D eigenvalue weighted by Crippen LogP contribution is -2.17. The first-order valence-corrected chi connectivity index (χ1v) is 9.46. The zero-order chi connectivity index (χ0) is 20.7. The molecule has 2 aromatic carbocycles. The average Bonchev–Trinajstić information content (AvgIpc) is 2.54. The third-order valence-corrected chi connectivity index (χ3v) is 4.31. The number of alkyl halides is 3. The molecule has 0 aromatic heterocycles. The maximum atomic E-state index is 12.2. The van der Waals surface area contributed by atoms with Crippen LogP contribution in [0, 0.1) is 0 Å². The number of hydrogen-bond acceptors (Lipinski definition) is 4. The van der Waals surface area contributed by atoms with Crippen LogP contribution in [-0.2, 0) is 10.0 Å². The highest BCUT2D eigenvalue weighted by atomic mass is 32.2. The third-order valence-electron chi connectivity index (χ3n) is 2.91. The summed E-state index contributed by atoms with van der Waals surface area (Å²) in [6, 6.07) is 9.54. The van der Waals surface area contributed by atoms with Gasteiger partial charge >= 0.3 is 6.36 Å². The number of sulfonamides is 1. The summed E-state index contributed by atoms with van der Waals surface area (Å²) in [6.45, 7) is 5.63. The van der Waals surface area contributed by atoms with Gasteiger partial charge in [0, 0.05) is 11.3 Å². The number of Topliss-reactive ketones (excluding diaryl/α,β-unsaturated/α-hetero) is 1. The summed E-state index contributed by atoms with van der Waals surface area (Å²) in [7, 11) is -3.98. The fraction of sp³-hybridized carbons (Fsp3) is 0.278. The van der Waals surface area contributed by atoms with E-state index >= 15 is 0 Å². The number of rotatable bonds is 5. The second-order valence-corrected chi connectivity index (χ2v) is 7.15. The van der Waals surface area contributed by atoms with Gasteiger partial charge in [0.1, 0.15) is 5.75 Å². The summed E-state index contributed by atoms with van der Waals surface area (Å²) in [6.07, 6.45) is -3.60. The second-order valence-electron chi connectivity index (χ2n) is 5.47.